The second kappa shape index (κ2) is 6.97. The molecule has 0 aliphatic rings. The molecule has 3 nitrogen and oxygen atoms in total. The minimum absolute atomic E-state index is 0.352. The second-order valence-electron chi connectivity index (χ2n) is 6.03. The number of ether oxygens (including phenoxy) is 1. The Balaban J connectivity index is 2.30. The largest absolute Gasteiger partial charge is 0.443 e. The van der Waals surface area contributed by atoms with Gasteiger partial charge in [-0.05, 0) is 44.5 Å². The molecule has 0 aromatic heterocycles. The molecule has 0 aliphatic heterocycles. The highest BCUT2D eigenvalue weighted by Crippen LogP contribution is 2.24. The Morgan fingerprint density at radius 3 is 2.36 bits per heavy atom. The van der Waals surface area contributed by atoms with Gasteiger partial charge in [0.05, 0.1) is 6.54 Å². The van der Waals surface area contributed by atoms with E-state index in [1.165, 1.54) is 0 Å². The van der Waals surface area contributed by atoms with Crippen molar-refractivity contribution in [3.63, 3.8) is 0 Å². The van der Waals surface area contributed by atoms with E-state index in [1.807, 2.05) is 75.4 Å². The molecule has 0 radical (unpaired) electrons. The van der Waals surface area contributed by atoms with Gasteiger partial charge in [0.2, 0.25) is 0 Å². The lowest BCUT2D eigenvalue weighted by molar-refractivity contribution is 0.0577. The molecule has 0 saturated carbocycles. The van der Waals surface area contributed by atoms with Gasteiger partial charge in [-0.1, -0.05) is 52.3 Å². The smallest absolute Gasteiger partial charge is 0.415 e. The van der Waals surface area contributed by atoms with Crippen molar-refractivity contribution in [3.8, 4) is 0 Å². The topological polar surface area (TPSA) is 29.5 Å². The first-order chi connectivity index (χ1) is 10.3. The van der Waals surface area contributed by atoms with Crippen LogP contribution in [0.2, 0.25) is 0 Å². The third-order valence-corrected chi connectivity index (χ3v) is 3.41. The second-order valence-corrected chi connectivity index (χ2v) is 6.95. The van der Waals surface area contributed by atoms with E-state index >= 15 is 0 Å². The first kappa shape index (κ1) is 16.6. The van der Waals surface area contributed by atoms with Gasteiger partial charge in [0.1, 0.15) is 5.60 Å². The number of hydrogen-bond acceptors (Lipinski definition) is 2. The van der Waals surface area contributed by atoms with E-state index in [0.717, 1.165) is 15.7 Å². The van der Waals surface area contributed by atoms with Crippen LogP contribution in [-0.2, 0) is 11.3 Å². The molecule has 22 heavy (non-hydrogen) atoms. The zero-order valence-corrected chi connectivity index (χ0v) is 14.6. The highest BCUT2D eigenvalue weighted by Gasteiger charge is 2.23. The van der Waals surface area contributed by atoms with Crippen molar-refractivity contribution in [1.29, 1.82) is 0 Å². The monoisotopic (exact) mass is 361 g/mol. The van der Waals surface area contributed by atoms with Gasteiger partial charge in [0.15, 0.2) is 0 Å². The van der Waals surface area contributed by atoms with Crippen molar-refractivity contribution >= 4 is 27.7 Å². The van der Waals surface area contributed by atoms with E-state index in [9.17, 15) is 4.79 Å². The van der Waals surface area contributed by atoms with Crippen LogP contribution in [0.4, 0.5) is 10.5 Å². The molecule has 0 bridgehead atoms. The Morgan fingerprint density at radius 1 is 1.09 bits per heavy atom. The van der Waals surface area contributed by atoms with Gasteiger partial charge in [-0.2, -0.15) is 0 Å². The van der Waals surface area contributed by atoms with E-state index < -0.39 is 5.60 Å². The van der Waals surface area contributed by atoms with Crippen molar-refractivity contribution in [2.24, 2.45) is 0 Å². The zero-order chi connectivity index (χ0) is 16.2. The van der Waals surface area contributed by atoms with Crippen LogP contribution >= 0.6 is 15.9 Å². The first-order valence-electron chi connectivity index (χ1n) is 7.15. The molecule has 116 valence electrons. The maximum atomic E-state index is 12.6. The van der Waals surface area contributed by atoms with Gasteiger partial charge < -0.3 is 4.74 Å². The molecule has 0 atom stereocenters. The van der Waals surface area contributed by atoms with Crippen LogP contribution in [0, 0.1) is 0 Å². The average molecular weight is 362 g/mol. The minimum atomic E-state index is -0.530. The third-order valence-electron chi connectivity index (χ3n) is 2.92. The normalized spacial score (nSPS) is 11.1. The third kappa shape index (κ3) is 4.88. The maximum absolute atomic E-state index is 12.6. The standard InChI is InChI=1S/C18H20BrNO2/c1-18(2,3)22-17(21)20(13-14-8-5-4-6-9-14)16-11-7-10-15(19)12-16/h4-12H,13H2,1-3H3. The molecular formula is C18H20BrNO2. The number of hydrogen-bond donors (Lipinski definition) is 0. The predicted octanol–water partition coefficient (Wildman–Crippen LogP) is 5.39. The van der Waals surface area contributed by atoms with Crippen LogP contribution in [0.5, 0.6) is 0 Å². The van der Waals surface area contributed by atoms with E-state index in [2.05, 4.69) is 15.9 Å². The van der Waals surface area contributed by atoms with Gasteiger partial charge in [0, 0.05) is 10.2 Å². The van der Waals surface area contributed by atoms with Gasteiger partial charge in [-0.3, -0.25) is 4.90 Å². The molecule has 0 saturated heterocycles. The van der Waals surface area contributed by atoms with Crippen LogP contribution in [0.15, 0.2) is 59.1 Å². The Bertz CT molecular complexity index is 635. The highest BCUT2D eigenvalue weighted by atomic mass is 79.9. The summed E-state index contributed by atoms with van der Waals surface area (Å²) in [5.41, 5.74) is 1.32. The van der Waals surface area contributed by atoms with Crippen LogP contribution in [-0.4, -0.2) is 11.7 Å². The van der Waals surface area contributed by atoms with Gasteiger partial charge in [-0.25, -0.2) is 4.79 Å². The number of carbonyl (C=O) groups excluding carboxylic acids is 1. The first-order valence-corrected chi connectivity index (χ1v) is 7.94. The molecule has 0 spiro atoms. The quantitative estimate of drug-likeness (QED) is 0.733. The fraction of sp³-hybridized carbons (Fsp3) is 0.278. The Labute approximate surface area is 140 Å². The zero-order valence-electron chi connectivity index (χ0n) is 13.0. The van der Waals surface area contributed by atoms with Crippen molar-refractivity contribution < 1.29 is 9.53 Å². The fourth-order valence-corrected chi connectivity index (χ4v) is 2.38. The summed E-state index contributed by atoms with van der Waals surface area (Å²) in [4.78, 5) is 14.2. The Kier molecular flexibility index (Phi) is 5.24. The average Bonchev–Trinajstić information content (AvgIpc) is 2.44. The molecule has 2 rings (SSSR count). The summed E-state index contributed by atoms with van der Waals surface area (Å²) in [6.07, 6.45) is -0.352. The van der Waals surface area contributed by atoms with E-state index in [-0.39, 0.29) is 6.09 Å². The number of amides is 1. The predicted molar refractivity (Wildman–Crippen MR) is 93.0 cm³/mol. The number of carbonyl (C=O) groups is 1. The number of nitrogens with zero attached hydrogens (tertiary/aromatic N) is 1. The van der Waals surface area contributed by atoms with E-state index in [4.69, 9.17) is 4.74 Å². The van der Waals surface area contributed by atoms with Crippen LogP contribution in [0.25, 0.3) is 0 Å². The maximum Gasteiger partial charge on any atom is 0.415 e. The van der Waals surface area contributed by atoms with Crippen molar-refractivity contribution in [3.05, 3.63) is 64.6 Å². The lowest BCUT2D eigenvalue weighted by Gasteiger charge is -2.27. The lowest BCUT2D eigenvalue weighted by atomic mass is 10.2. The SMILES string of the molecule is CC(C)(C)OC(=O)N(Cc1ccccc1)c1cccc(Br)c1. The highest BCUT2D eigenvalue weighted by molar-refractivity contribution is 9.10. The number of halogens is 1. The Hall–Kier alpha value is -1.81. The van der Waals surface area contributed by atoms with Crippen molar-refractivity contribution in [2.75, 3.05) is 4.90 Å². The molecule has 1 amide bonds. The van der Waals surface area contributed by atoms with Crippen LogP contribution in [0.1, 0.15) is 26.3 Å². The fourth-order valence-electron chi connectivity index (χ4n) is 1.99. The Morgan fingerprint density at radius 2 is 1.77 bits per heavy atom. The minimum Gasteiger partial charge on any atom is -0.443 e. The number of benzene rings is 2. The van der Waals surface area contributed by atoms with Crippen molar-refractivity contribution in [2.45, 2.75) is 32.9 Å². The molecule has 2 aromatic carbocycles. The summed E-state index contributed by atoms with van der Waals surface area (Å²) in [5.74, 6) is 0. The van der Waals surface area contributed by atoms with Gasteiger partial charge in [-0.15, -0.1) is 0 Å². The summed E-state index contributed by atoms with van der Waals surface area (Å²) in [6.45, 7) is 6.07. The molecular weight excluding hydrogens is 342 g/mol. The van der Waals surface area contributed by atoms with E-state index in [0.29, 0.717) is 6.54 Å². The van der Waals surface area contributed by atoms with Crippen molar-refractivity contribution in [1.82, 2.24) is 0 Å². The molecule has 0 aliphatic carbocycles. The number of rotatable bonds is 3. The summed E-state index contributed by atoms with van der Waals surface area (Å²) in [5, 5.41) is 0. The summed E-state index contributed by atoms with van der Waals surface area (Å²) < 4.78 is 6.46. The molecule has 4 heteroatoms. The molecule has 0 fully saturated rings. The summed E-state index contributed by atoms with van der Waals surface area (Å²) in [6, 6.07) is 17.5. The van der Waals surface area contributed by atoms with Gasteiger partial charge >= 0.3 is 6.09 Å². The van der Waals surface area contributed by atoms with E-state index in [1.54, 1.807) is 4.90 Å². The van der Waals surface area contributed by atoms with Crippen LogP contribution in [0.3, 0.4) is 0 Å². The lowest BCUT2D eigenvalue weighted by Crippen LogP contribution is -2.36. The molecule has 0 N–H and O–H groups in total. The summed E-state index contributed by atoms with van der Waals surface area (Å²) in [7, 11) is 0. The molecule has 0 heterocycles. The molecule has 0 unspecified atom stereocenters. The molecule has 2 aromatic rings. The van der Waals surface area contributed by atoms with Crippen LogP contribution < -0.4 is 4.90 Å². The number of anilines is 1. The summed E-state index contributed by atoms with van der Waals surface area (Å²) >= 11 is 3.45. The van der Waals surface area contributed by atoms with Gasteiger partial charge in [0.25, 0.3) is 0 Å².